The molecule has 0 atom stereocenters. The molecule has 0 bridgehead atoms. The summed E-state index contributed by atoms with van der Waals surface area (Å²) in [5.41, 5.74) is 5.48. The maximum atomic E-state index is 12.8. The van der Waals surface area contributed by atoms with Gasteiger partial charge in [-0.05, 0) is 61.2 Å². The predicted molar refractivity (Wildman–Crippen MR) is 114 cm³/mol. The molecule has 2 amide bonds. The number of hydrogen-bond donors (Lipinski definition) is 1. The number of ether oxygens (including phenoxy) is 1. The third-order valence-corrected chi connectivity index (χ3v) is 4.88. The van der Waals surface area contributed by atoms with Crippen LogP contribution in [-0.4, -0.2) is 30.7 Å². The summed E-state index contributed by atoms with van der Waals surface area (Å²) in [7, 11) is 0. The van der Waals surface area contributed by atoms with Crippen molar-refractivity contribution in [1.29, 1.82) is 0 Å². The normalized spacial score (nSPS) is 13.1. The van der Waals surface area contributed by atoms with Crippen LogP contribution in [0.15, 0.2) is 65.8 Å². The highest BCUT2D eigenvalue weighted by atomic mass is 16.5. The van der Waals surface area contributed by atoms with Gasteiger partial charge in [0.2, 0.25) is 0 Å². The monoisotopic (exact) mass is 387 g/mol. The van der Waals surface area contributed by atoms with Gasteiger partial charge in [-0.1, -0.05) is 24.3 Å². The van der Waals surface area contributed by atoms with Gasteiger partial charge in [-0.2, -0.15) is 5.10 Å². The van der Waals surface area contributed by atoms with E-state index in [0.717, 1.165) is 27.8 Å². The first kappa shape index (κ1) is 18.7. The summed E-state index contributed by atoms with van der Waals surface area (Å²) in [4.78, 5) is 26.7. The number of nitrogens with zero attached hydrogens (tertiary/aromatic N) is 2. The molecule has 4 rings (SSSR count). The highest BCUT2D eigenvalue weighted by Gasteiger charge is 2.30. The number of rotatable bonds is 6. The molecule has 0 aromatic heterocycles. The third kappa shape index (κ3) is 3.57. The number of benzene rings is 3. The molecule has 0 saturated heterocycles. The number of anilines is 1. The smallest absolute Gasteiger partial charge is 0.260 e. The van der Waals surface area contributed by atoms with Crippen LogP contribution in [0.2, 0.25) is 0 Å². The zero-order chi connectivity index (χ0) is 20.4. The van der Waals surface area contributed by atoms with Crippen molar-refractivity contribution in [2.45, 2.75) is 13.8 Å². The summed E-state index contributed by atoms with van der Waals surface area (Å²) < 4.78 is 5.43. The van der Waals surface area contributed by atoms with Crippen molar-refractivity contribution >= 4 is 34.0 Å². The van der Waals surface area contributed by atoms with Crippen LogP contribution in [0, 0.1) is 0 Å². The van der Waals surface area contributed by atoms with Gasteiger partial charge in [0.05, 0.1) is 18.0 Å². The van der Waals surface area contributed by atoms with E-state index in [1.807, 2.05) is 68.4 Å². The van der Waals surface area contributed by atoms with Crippen LogP contribution in [0.3, 0.4) is 0 Å². The molecule has 3 aromatic carbocycles. The fourth-order valence-electron chi connectivity index (χ4n) is 3.48. The van der Waals surface area contributed by atoms with Crippen molar-refractivity contribution in [1.82, 2.24) is 5.43 Å². The lowest BCUT2D eigenvalue weighted by molar-refractivity contribution is -0.119. The van der Waals surface area contributed by atoms with Crippen LogP contribution in [0.5, 0.6) is 5.75 Å². The Morgan fingerprint density at radius 1 is 1.07 bits per heavy atom. The molecule has 0 unspecified atom stereocenters. The fourth-order valence-corrected chi connectivity index (χ4v) is 3.48. The Bertz CT molecular complexity index is 1110. The molecular formula is C23H21N3O3. The Kier molecular flexibility index (Phi) is 4.99. The van der Waals surface area contributed by atoms with Gasteiger partial charge >= 0.3 is 0 Å². The van der Waals surface area contributed by atoms with E-state index in [2.05, 4.69) is 10.5 Å². The highest BCUT2D eigenvalue weighted by molar-refractivity contribution is 6.26. The third-order valence-electron chi connectivity index (χ3n) is 4.88. The second kappa shape index (κ2) is 7.75. The van der Waals surface area contributed by atoms with E-state index in [1.165, 1.54) is 4.90 Å². The zero-order valence-electron chi connectivity index (χ0n) is 16.3. The average Bonchev–Trinajstić information content (AvgIpc) is 3.01. The molecule has 29 heavy (non-hydrogen) atoms. The topological polar surface area (TPSA) is 71.0 Å². The number of amides is 2. The first-order valence-electron chi connectivity index (χ1n) is 9.48. The van der Waals surface area contributed by atoms with Gasteiger partial charge in [0.25, 0.3) is 11.8 Å². The molecule has 0 aliphatic carbocycles. The first-order valence-corrected chi connectivity index (χ1v) is 9.48. The van der Waals surface area contributed by atoms with Gasteiger partial charge in [-0.25, -0.2) is 5.43 Å². The molecular weight excluding hydrogens is 366 g/mol. The number of carbonyl (C=O) groups excluding carboxylic acids is 2. The Labute approximate surface area is 168 Å². The molecule has 0 spiro atoms. The molecule has 1 aliphatic heterocycles. The molecule has 6 nitrogen and oxygen atoms in total. The van der Waals surface area contributed by atoms with Gasteiger partial charge in [-0.3, -0.25) is 14.5 Å². The second-order valence-electron chi connectivity index (χ2n) is 6.76. The van der Waals surface area contributed by atoms with E-state index >= 15 is 0 Å². The summed E-state index contributed by atoms with van der Waals surface area (Å²) in [5, 5.41) is 6.05. The van der Waals surface area contributed by atoms with Gasteiger partial charge in [-0.15, -0.1) is 0 Å². The van der Waals surface area contributed by atoms with Crippen LogP contribution in [-0.2, 0) is 4.79 Å². The minimum atomic E-state index is -0.353. The summed E-state index contributed by atoms with van der Waals surface area (Å²) in [6.45, 7) is 4.26. The number of hydrogen-bond acceptors (Lipinski definition) is 4. The summed E-state index contributed by atoms with van der Waals surface area (Å²) in [6.07, 6.45) is 0. The van der Waals surface area contributed by atoms with Crippen molar-refractivity contribution in [3.63, 3.8) is 0 Å². The van der Waals surface area contributed by atoms with E-state index < -0.39 is 0 Å². The molecule has 3 aromatic rings. The van der Waals surface area contributed by atoms with Gasteiger partial charge < -0.3 is 4.74 Å². The lowest BCUT2D eigenvalue weighted by Gasteiger charge is -2.16. The molecule has 0 saturated carbocycles. The Morgan fingerprint density at radius 2 is 1.79 bits per heavy atom. The van der Waals surface area contributed by atoms with Crippen LogP contribution < -0.4 is 15.1 Å². The second-order valence-corrected chi connectivity index (χ2v) is 6.76. The number of hydrazone groups is 1. The maximum Gasteiger partial charge on any atom is 0.260 e. The van der Waals surface area contributed by atoms with Crippen LogP contribution in [0.25, 0.3) is 10.8 Å². The molecule has 146 valence electrons. The maximum absolute atomic E-state index is 12.8. The minimum absolute atomic E-state index is 0.0906. The van der Waals surface area contributed by atoms with Crippen LogP contribution >= 0.6 is 0 Å². The molecule has 1 N–H and O–H groups in total. The molecule has 6 heteroatoms. The highest BCUT2D eigenvalue weighted by Crippen LogP contribution is 2.36. The molecule has 1 heterocycles. The minimum Gasteiger partial charge on any atom is -0.494 e. The van der Waals surface area contributed by atoms with Gasteiger partial charge in [0.15, 0.2) is 0 Å². The summed E-state index contributed by atoms with van der Waals surface area (Å²) >= 11 is 0. The van der Waals surface area contributed by atoms with Crippen molar-refractivity contribution in [2.75, 3.05) is 18.1 Å². The van der Waals surface area contributed by atoms with E-state index in [-0.39, 0.29) is 18.4 Å². The van der Waals surface area contributed by atoms with Crippen molar-refractivity contribution in [3.8, 4) is 5.75 Å². The predicted octanol–water partition coefficient (Wildman–Crippen LogP) is 3.74. The Balaban J connectivity index is 1.46. The van der Waals surface area contributed by atoms with E-state index in [1.54, 1.807) is 6.07 Å². The summed E-state index contributed by atoms with van der Waals surface area (Å²) in [6, 6.07) is 18.8. The van der Waals surface area contributed by atoms with Crippen molar-refractivity contribution in [2.24, 2.45) is 5.10 Å². The molecule has 0 fully saturated rings. The Morgan fingerprint density at radius 3 is 2.52 bits per heavy atom. The van der Waals surface area contributed by atoms with Gasteiger partial charge in [0.1, 0.15) is 12.3 Å². The standard InChI is InChI=1S/C23H21N3O3/c1-3-29-18-12-10-16(11-13-18)15(2)24-25-21(27)14-26-20-9-5-7-17-6-4-8-19(22(17)20)23(26)28/h4-13H,3,14H2,1-2H3,(H,25,27)/b24-15+. The fraction of sp³-hybridized carbons (Fsp3) is 0.174. The van der Waals surface area contributed by atoms with E-state index in [0.29, 0.717) is 17.9 Å². The Hall–Kier alpha value is -3.67. The quantitative estimate of drug-likeness (QED) is 0.517. The van der Waals surface area contributed by atoms with Crippen molar-refractivity contribution in [3.05, 3.63) is 71.8 Å². The SMILES string of the molecule is CCOc1ccc(/C(C)=N/NC(=O)CN2C(=O)c3cccc4cccc2c34)cc1. The largest absolute Gasteiger partial charge is 0.494 e. The zero-order valence-corrected chi connectivity index (χ0v) is 16.3. The summed E-state index contributed by atoms with van der Waals surface area (Å²) in [5.74, 6) is 0.266. The van der Waals surface area contributed by atoms with Crippen LogP contribution in [0.4, 0.5) is 5.69 Å². The lowest BCUT2D eigenvalue weighted by atomic mass is 10.1. The van der Waals surface area contributed by atoms with E-state index in [4.69, 9.17) is 4.74 Å². The van der Waals surface area contributed by atoms with Crippen LogP contribution in [0.1, 0.15) is 29.8 Å². The number of carbonyl (C=O) groups is 2. The van der Waals surface area contributed by atoms with E-state index in [9.17, 15) is 9.59 Å². The molecule has 0 radical (unpaired) electrons. The average molecular weight is 387 g/mol. The lowest BCUT2D eigenvalue weighted by Crippen LogP contribution is -2.37. The van der Waals surface area contributed by atoms with Gasteiger partial charge in [0, 0.05) is 10.9 Å². The first-order chi connectivity index (χ1) is 14.1. The molecule has 1 aliphatic rings. The van der Waals surface area contributed by atoms with Crippen molar-refractivity contribution < 1.29 is 14.3 Å². The number of nitrogens with one attached hydrogen (secondary N) is 1.